The van der Waals surface area contributed by atoms with E-state index in [1.165, 1.54) is 0 Å². The minimum atomic E-state index is -0.136. The molecule has 0 bridgehead atoms. The number of amides is 1. The molecule has 0 saturated carbocycles. The SMILES string of the molecule is CC(C)CNC(=O)COc1c(Br)cc(Br)c2cccnc12. The highest BCUT2D eigenvalue weighted by atomic mass is 79.9. The highest BCUT2D eigenvalue weighted by Crippen LogP contribution is 2.37. The molecule has 0 spiro atoms. The number of carbonyl (C=O) groups excluding carboxylic acids is 1. The zero-order valence-corrected chi connectivity index (χ0v) is 15.0. The van der Waals surface area contributed by atoms with Crippen molar-refractivity contribution in [3.8, 4) is 5.75 Å². The number of ether oxygens (including phenoxy) is 1. The fourth-order valence-corrected chi connectivity index (χ4v) is 3.18. The number of carbonyl (C=O) groups is 1. The fraction of sp³-hybridized carbons (Fsp3) is 0.333. The molecule has 0 atom stereocenters. The Morgan fingerprint density at radius 3 is 2.86 bits per heavy atom. The van der Waals surface area contributed by atoms with Gasteiger partial charge in [0.15, 0.2) is 12.4 Å². The molecule has 0 unspecified atom stereocenters. The van der Waals surface area contributed by atoms with Gasteiger partial charge in [-0.25, -0.2) is 0 Å². The smallest absolute Gasteiger partial charge is 0.257 e. The molecule has 0 aliphatic carbocycles. The first-order chi connectivity index (χ1) is 9.99. The maximum atomic E-state index is 11.8. The molecule has 112 valence electrons. The van der Waals surface area contributed by atoms with Crippen LogP contribution in [0, 0.1) is 5.92 Å². The first-order valence-electron chi connectivity index (χ1n) is 6.61. The van der Waals surface area contributed by atoms with Crippen LogP contribution in [0.25, 0.3) is 10.9 Å². The van der Waals surface area contributed by atoms with Crippen LogP contribution in [0.1, 0.15) is 13.8 Å². The lowest BCUT2D eigenvalue weighted by molar-refractivity contribution is -0.123. The Labute approximate surface area is 140 Å². The van der Waals surface area contributed by atoms with E-state index in [-0.39, 0.29) is 12.5 Å². The summed E-state index contributed by atoms with van der Waals surface area (Å²) in [5.74, 6) is 0.854. The monoisotopic (exact) mass is 414 g/mol. The van der Waals surface area contributed by atoms with E-state index in [1.54, 1.807) is 6.20 Å². The van der Waals surface area contributed by atoms with Crippen LogP contribution in [0.5, 0.6) is 5.75 Å². The van der Waals surface area contributed by atoms with E-state index in [1.807, 2.05) is 32.0 Å². The van der Waals surface area contributed by atoms with Gasteiger partial charge in [0.1, 0.15) is 5.52 Å². The summed E-state index contributed by atoms with van der Waals surface area (Å²) in [6, 6.07) is 5.70. The van der Waals surface area contributed by atoms with Crippen molar-refractivity contribution in [1.82, 2.24) is 10.3 Å². The molecule has 2 aromatic rings. The van der Waals surface area contributed by atoms with Crippen LogP contribution in [0.4, 0.5) is 0 Å². The Kier molecular flexibility index (Phi) is 5.58. The number of nitrogens with zero attached hydrogens (tertiary/aromatic N) is 1. The van der Waals surface area contributed by atoms with E-state index in [0.717, 1.165) is 19.8 Å². The third-order valence-electron chi connectivity index (χ3n) is 2.81. The number of rotatable bonds is 5. The van der Waals surface area contributed by atoms with Gasteiger partial charge in [0.2, 0.25) is 0 Å². The molecule has 0 saturated heterocycles. The molecule has 0 radical (unpaired) electrons. The summed E-state index contributed by atoms with van der Waals surface area (Å²) in [6.07, 6.45) is 1.70. The maximum absolute atomic E-state index is 11.8. The molecule has 0 fully saturated rings. The maximum Gasteiger partial charge on any atom is 0.257 e. The second-order valence-corrected chi connectivity index (χ2v) is 6.76. The van der Waals surface area contributed by atoms with Crippen LogP contribution in [0.15, 0.2) is 33.3 Å². The number of halogens is 2. The van der Waals surface area contributed by atoms with Crippen molar-refractivity contribution in [1.29, 1.82) is 0 Å². The van der Waals surface area contributed by atoms with Crippen molar-refractivity contribution in [2.45, 2.75) is 13.8 Å². The molecule has 0 aliphatic heterocycles. The Morgan fingerprint density at radius 1 is 1.38 bits per heavy atom. The van der Waals surface area contributed by atoms with Crippen LogP contribution in [0.3, 0.4) is 0 Å². The minimum Gasteiger partial charge on any atom is -0.480 e. The molecule has 21 heavy (non-hydrogen) atoms. The van der Waals surface area contributed by atoms with Crippen molar-refractivity contribution in [3.63, 3.8) is 0 Å². The van der Waals surface area contributed by atoms with Gasteiger partial charge in [-0.05, 0) is 34.0 Å². The van der Waals surface area contributed by atoms with E-state index in [4.69, 9.17) is 4.74 Å². The molecule has 1 N–H and O–H groups in total. The molecule has 0 aliphatic rings. The van der Waals surface area contributed by atoms with Gasteiger partial charge in [-0.1, -0.05) is 35.8 Å². The topological polar surface area (TPSA) is 51.2 Å². The van der Waals surface area contributed by atoms with E-state index >= 15 is 0 Å². The first kappa shape index (κ1) is 16.2. The lowest BCUT2D eigenvalue weighted by Gasteiger charge is -2.12. The predicted octanol–water partition coefficient (Wildman–Crippen LogP) is 3.91. The average Bonchev–Trinajstić information content (AvgIpc) is 2.45. The molecule has 1 aromatic carbocycles. The summed E-state index contributed by atoms with van der Waals surface area (Å²) < 4.78 is 7.34. The molecular weight excluding hydrogens is 400 g/mol. The second-order valence-electron chi connectivity index (χ2n) is 5.06. The Morgan fingerprint density at radius 2 is 2.14 bits per heavy atom. The molecule has 4 nitrogen and oxygen atoms in total. The summed E-state index contributed by atoms with van der Waals surface area (Å²) in [5.41, 5.74) is 0.718. The number of hydrogen-bond donors (Lipinski definition) is 1. The number of nitrogens with one attached hydrogen (secondary N) is 1. The van der Waals surface area contributed by atoms with Gasteiger partial charge >= 0.3 is 0 Å². The first-order valence-corrected chi connectivity index (χ1v) is 8.20. The van der Waals surface area contributed by atoms with Gasteiger partial charge in [0, 0.05) is 22.6 Å². The Balaban J connectivity index is 2.17. The standard InChI is InChI=1S/C15H16Br2N2O2/c1-9(2)7-19-13(20)8-21-15-12(17)6-11(16)10-4-3-5-18-14(10)15/h3-6,9H,7-8H2,1-2H3,(H,19,20). The lowest BCUT2D eigenvalue weighted by atomic mass is 10.2. The molecule has 1 heterocycles. The lowest BCUT2D eigenvalue weighted by Crippen LogP contribution is -2.31. The van der Waals surface area contributed by atoms with Crippen molar-refractivity contribution < 1.29 is 9.53 Å². The minimum absolute atomic E-state index is 0.0291. The quantitative estimate of drug-likeness (QED) is 0.805. The average molecular weight is 416 g/mol. The summed E-state index contributed by atoms with van der Waals surface area (Å²) in [7, 11) is 0. The molecule has 2 rings (SSSR count). The molecule has 1 amide bonds. The summed E-state index contributed by atoms with van der Waals surface area (Å²) in [5, 5.41) is 3.77. The highest BCUT2D eigenvalue weighted by molar-refractivity contribution is 9.11. The van der Waals surface area contributed by atoms with Gasteiger partial charge < -0.3 is 10.1 Å². The van der Waals surface area contributed by atoms with E-state index in [2.05, 4.69) is 42.2 Å². The van der Waals surface area contributed by atoms with Crippen molar-refractivity contribution in [2.75, 3.05) is 13.2 Å². The Hall–Kier alpha value is -1.14. The number of hydrogen-bond acceptors (Lipinski definition) is 3. The fourth-order valence-electron chi connectivity index (χ4n) is 1.79. The zero-order chi connectivity index (χ0) is 15.4. The van der Waals surface area contributed by atoms with Gasteiger partial charge in [-0.15, -0.1) is 0 Å². The van der Waals surface area contributed by atoms with Crippen LogP contribution in [-0.2, 0) is 4.79 Å². The van der Waals surface area contributed by atoms with Gasteiger partial charge in [-0.3, -0.25) is 9.78 Å². The number of fused-ring (bicyclic) bond motifs is 1. The Bertz CT molecular complexity index is 659. The molecular formula is C15H16Br2N2O2. The molecule has 6 heteroatoms. The zero-order valence-electron chi connectivity index (χ0n) is 11.8. The summed E-state index contributed by atoms with van der Waals surface area (Å²) in [4.78, 5) is 16.1. The second kappa shape index (κ2) is 7.22. The van der Waals surface area contributed by atoms with Crippen LogP contribution in [-0.4, -0.2) is 24.0 Å². The van der Waals surface area contributed by atoms with E-state index in [9.17, 15) is 4.79 Å². The van der Waals surface area contributed by atoms with Gasteiger partial charge in [-0.2, -0.15) is 0 Å². The third kappa shape index (κ3) is 4.17. The van der Waals surface area contributed by atoms with Gasteiger partial charge in [0.25, 0.3) is 5.91 Å². The largest absolute Gasteiger partial charge is 0.480 e. The number of pyridine rings is 1. The normalized spacial score (nSPS) is 10.9. The van der Waals surface area contributed by atoms with E-state index in [0.29, 0.717) is 18.2 Å². The summed E-state index contributed by atoms with van der Waals surface area (Å²) >= 11 is 6.95. The van der Waals surface area contributed by atoms with Gasteiger partial charge in [0.05, 0.1) is 4.47 Å². The number of benzene rings is 1. The number of aromatic nitrogens is 1. The predicted molar refractivity (Wildman–Crippen MR) is 90.5 cm³/mol. The third-order valence-corrected chi connectivity index (χ3v) is 4.05. The van der Waals surface area contributed by atoms with Crippen LogP contribution >= 0.6 is 31.9 Å². The summed E-state index contributed by atoms with van der Waals surface area (Å²) in [6.45, 7) is 4.70. The highest BCUT2D eigenvalue weighted by Gasteiger charge is 2.13. The molecule has 1 aromatic heterocycles. The van der Waals surface area contributed by atoms with E-state index < -0.39 is 0 Å². The van der Waals surface area contributed by atoms with Crippen LogP contribution < -0.4 is 10.1 Å². The van der Waals surface area contributed by atoms with Crippen molar-refractivity contribution in [3.05, 3.63) is 33.3 Å². The van der Waals surface area contributed by atoms with Crippen molar-refractivity contribution >= 4 is 48.7 Å². The van der Waals surface area contributed by atoms with Crippen LogP contribution in [0.2, 0.25) is 0 Å². The van der Waals surface area contributed by atoms with Crippen molar-refractivity contribution in [2.24, 2.45) is 5.92 Å².